The van der Waals surface area contributed by atoms with Gasteiger partial charge in [-0.1, -0.05) is 27.2 Å². The summed E-state index contributed by atoms with van der Waals surface area (Å²) in [5.41, 5.74) is 0.666. The zero-order chi connectivity index (χ0) is 17.1. The lowest BCUT2D eigenvalue weighted by Gasteiger charge is -2.25. The molecule has 0 aliphatic heterocycles. The fourth-order valence-electron chi connectivity index (χ4n) is 2.53. The third kappa shape index (κ3) is 3.30. The maximum Gasteiger partial charge on any atom is 0.147 e. The average Bonchev–Trinajstić information content (AvgIpc) is 2.46. The van der Waals surface area contributed by atoms with Crippen molar-refractivity contribution in [1.29, 1.82) is 0 Å². The SMILES string of the molecule is CCCc1c(O)c(C(C)CC)c(OC)c(S(=O)(=O)[O-])c1OC. The monoisotopic (exact) mass is 331 g/mol. The summed E-state index contributed by atoms with van der Waals surface area (Å²) < 4.78 is 45.5. The van der Waals surface area contributed by atoms with Crippen molar-refractivity contribution in [2.75, 3.05) is 14.2 Å². The highest BCUT2D eigenvalue weighted by atomic mass is 32.2. The first kappa shape index (κ1) is 18.6. The van der Waals surface area contributed by atoms with Gasteiger partial charge in [0, 0.05) is 11.1 Å². The fraction of sp³-hybridized carbons (Fsp3) is 0.600. The molecule has 0 fully saturated rings. The van der Waals surface area contributed by atoms with Gasteiger partial charge in [-0.2, -0.15) is 0 Å². The Bertz CT molecular complexity index is 636. The largest absolute Gasteiger partial charge is 0.744 e. The molecule has 0 heterocycles. The molecule has 1 N–H and O–H groups in total. The molecular formula is C15H23O6S-. The average molecular weight is 331 g/mol. The third-order valence-electron chi connectivity index (χ3n) is 3.74. The maximum absolute atomic E-state index is 11.7. The van der Waals surface area contributed by atoms with Gasteiger partial charge in [-0.15, -0.1) is 0 Å². The predicted molar refractivity (Wildman–Crippen MR) is 81.9 cm³/mol. The summed E-state index contributed by atoms with van der Waals surface area (Å²) in [4.78, 5) is -0.533. The smallest absolute Gasteiger partial charge is 0.147 e. The van der Waals surface area contributed by atoms with Crippen molar-refractivity contribution >= 4 is 10.1 Å². The number of methoxy groups -OCH3 is 2. The molecule has 0 aromatic heterocycles. The van der Waals surface area contributed by atoms with E-state index in [1.54, 1.807) is 0 Å². The van der Waals surface area contributed by atoms with Crippen molar-refractivity contribution in [2.45, 2.75) is 50.8 Å². The van der Waals surface area contributed by atoms with Crippen molar-refractivity contribution < 1.29 is 27.6 Å². The first-order valence-electron chi connectivity index (χ1n) is 7.19. The molecule has 0 bridgehead atoms. The van der Waals surface area contributed by atoms with E-state index in [4.69, 9.17) is 9.47 Å². The lowest BCUT2D eigenvalue weighted by atomic mass is 9.92. The van der Waals surface area contributed by atoms with Gasteiger partial charge in [0.1, 0.15) is 32.3 Å². The number of ether oxygens (including phenoxy) is 2. The predicted octanol–water partition coefficient (Wildman–Crippen LogP) is 2.78. The molecule has 0 radical (unpaired) electrons. The second-order valence-corrected chi connectivity index (χ2v) is 6.47. The van der Waals surface area contributed by atoms with Gasteiger partial charge in [-0.3, -0.25) is 0 Å². The van der Waals surface area contributed by atoms with E-state index >= 15 is 0 Å². The van der Waals surface area contributed by atoms with Crippen LogP contribution in [-0.2, 0) is 16.5 Å². The molecule has 1 atom stereocenters. The molecular weight excluding hydrogens is 308 g/mol. The summed E-state index contributed by atoms with van der Waals surface area (Å²) in [6, 6.07) is 0. The highest BCUT2D eigenvalue weighted by Crippen LogP contribution is 2.49. The Morgan fingerprint density at radius 1 is 1.18 bits per heavy atom. The third-order valence-corrected chi connectivity index (χ3v) is 4.61. The Balaban J connectivity index is 3.99. The summed E-state index contributed by atoms with van der Waals surface area (Å²) in [6.45, 7) is 5.62. The van der Waals surface area contributed by atoms with Gasteiger partial charge in [-0.05, 0) is 18.8 Å². The molecule has 1 rings (SSSR count). The maximum atomic E-state index is 11.7. The Morgan fingerprint density at radius 2 is 1.73 bits per heavy atom. The van der Waals surface area contributed by atoms with Crippen LogP contribution in [0.2, 0.25) is 0 Å². The van der Waals surface area contributed by atoms with Gasteiger partial charge >= 0.3 is 0 Å². The minimum Gasteiger partial charge on any atom is -0.744 e. The topological polar surface area (TPSA) is 95.9 Å². The van der Waals surface area contributed by atoms with Crippen LogP contribution in [0, 0.1) is 0 Å². The fourth-order valence-corrected chi connectivity index (χ4v) is 3.38. The first-order valence-corrected chi connectivity index (χ1v) is 8.60. The van der Waals surface area contributed by atoms with E-state index in [1.165, 1.54) is 14.2 Å². The number of aromatic hydroxyl groups is 1. The number of rotatable bonds is 7. The molecule has 0 amide bonds. The summed E-state index contributed by atoms with van der Waals surface area (Å²) in [6.07, 6.45) is 1.71. The zero-order valence-corrected chi connectivity index (χ0v) is 14.4. The van der Waals surface area contributed by atoms with Crippen molar-refractivity contribution in [3.8, 4) is 17.2 Å². The van der Waals surface area contributed by atoms with Crippen molar-refractivity contribution in [2.24, 2.45) is 0 Å². The molecule has 22 heavy (non-hydrogen) atoms. The minimum atomic E-state index is -4.82. The lowest BCUT2D eigenvalue weighted by molar-refractivity contribution is 0.345. The Labute approximate surface area is 131 Å². The lowest BCUT2D eigenvalue weighted by Crippen LogP contribution is -2.11. The van der Waals surface area contributed by atoms with Crippen LogP contribution in [0.4, 0.5) is 0 Å². The molecule has 0 saturated heterocycles. The number of phenols is 1. The van der Waals surface area contributed by atoms with Crippen molar-refractivity contribution in [1.82, 2.24) is 0 Å². The first-order chi connectivity index (χ1) is 10.2. The van der Waals surface area contributed by atoms with Gasteiger partial charge < -0.3 is 19.1 Å². The van der Waals surface area contributed by atoms with E-state index in [0.29, 0.717) is 30.4 Å². The molecule has 1 aromatic rings. The second-order valence-electron chi connectivity index (χ2n) is 5.15. The van der Waals surface area contributed by atoms with Crippen LogP contribution in [0.25, 0.3) is 0 Å². The highest BCUT2D eigenvalue weighted by Gasteiger charge is 2.30. The highest BCUT2D eigenvalue weighted by molar-refractivity contribution is 7.86. The standard InChI is InChI=1S/C15H24O6S/c1-6-8-10-12(16)11(9(3)7-2)14(21-5)15(13(10)20-4)22(17,18)19/h9,16H,6-8H2,1-5H3,(H,17,18,19)/p-1. The summed E-state index contributed by atoms with van der Waals surface area (Å²) in [7, 11) is -2.28. The van der Waals surface area contributed by atoms with Crippen LogP contribution in [0.15, 0.2) is 4.90 Å². The summed E-state index contributed by atoms with van der Waals surface area (Å²) in [5.74, 6) is -0.480. The van der Waals surface area contributed by atoms with Crippen LogP contribution in [0.5, 0.6) is 17.2 Å². The van der Waals surface area contributed by atoms with Crippen molar-refractivity contribution in [3.05, 3.63) is 11.1 Å². The summed E-state index contributed by atoms with van der Waals surface area (Å²) >= 11 is 0. The molecule has 126 valence electrons. The van der Waals surface area contributed by atoms with Crippen LogP contribution in [-0.4, -0.2) is 32.3 Å². The molecule has 6 nitrogen and oxygen atoms in total. The van der Waals surface area contributed by atoms with Crippen LogP contribution >= 0.6 is 0 Å². The molecule has 0 saturated carbocycles. The van der Waals surface area contributed by atoms with Crippen LogP contribution < -0.4 is 9.47 Å². The van der Waals surface area contributed by atoms with E-state index in [-0.39, 0.29) is 23.2 Å². The molecule has 1 aromatic carbocycles. The minimum absolute atomic E-state index is 0.0581. The van der Waals surface area contributed by atoms with Crippen LogP contribution in [0.3, 0.4) is 0 Å². The van der Waals surface area contributed by atoms with Gasteiger partial charge in [0.25, 0.3) is 0 Å². The van der Waals surface area contributed by atoms with Gasteiger partial charge in [0.15, 0.2) is 0 Å². The second kappa shape index (κ2) is 7.19. The molecule has 0 spiro atoms. The normalized spacial score (nSPS) is 13.0. The van der Waals surface area contributed by atoms with E-state index in [1.807, 2.05) is 20.8 Å². The molecule has 1 unspecified atom stereocenters. The number of hydrogen-bond donors (Lipinski definition) is 1. The zero-order valence-electron chi connectivity index (χ0n) is 13.6. The van der Waals surface area contributed by atoms with Gasteiger partial charge in [0.2, 0.25) is 0 Å². The Hall–Kier alpha value is -1.47. The van der Waals surface area contributed by atoms with Gasteiger partial charge in [0.05, 0.1) is 14.2 Å². The van der Waals surface area contributed by atoms with E-state index < -0.39 is 15.0 Å². The Morgan fingerprint density at radius 3 is 2.09 bits per heavy atom. The summed E-state index contributed by atoms with van der Waals surface area (Å²) in [5, 5.41) is 10.6. The number of hydrogen-bond acceptors (Lipinski definition) is 6. The number of phenolic OH excluding ortho intramolecular Hbond substituents is 1. The van der Waals surface area contributed by atoms with Crippen LogP contribution in [0.1, 0.15) is 50.7 Å². The quantitative estimate of drug-likeness (QED) is 0.772. The molecule has 0 aliphatic carbocycles. The number of benzene rings is 1. The van der Waals surface area contributed by atoms with Crippen molar-refractivity contribution in [3.63, 3.8) is 0 Å². The molecule has 0 aliphatic rings. The van der Waals surface area contributed by atoms with Gasteiger partial charge in [-0.25, -0.2) is 8.42 Å². The van der Waals surface area contributed by atoms with E-state index in [2.05, 4.69) is 0 Å². The van der Waals surface area contributed by atoms with E-state index in [0.717, 1.165) is 0 Å². The molecule has 7 heteroatoms. The Kier molecular flexibility index (Phi) is 6.08. The van der Waals surface area contributed by atoms with E-state index in [9.17, 15) is 18.1 Å².